The molecule has 2 N–H and O–H groups in total. The van der Waals surface area contributed by atoms with E-state index in [1.165, 1.54) is 24.1 Å². The molecule has 0 aliphatic heterocycles. The van der Waals surface area contributed by atoms with E-state index in [9.17, 15) is 0 Å². The average molecular weight is 234 g/mol. The van der Waals surface area contributed by atoms with E-state index in [-0.39, 0.29) is 0 Å². The van der Waals surface area contributed by atoms with Gasteiger partial charge in [-0.2, -0.15) is 0 Å². The lowest BCUT2D eigenvalue weighted by atomic mass is 9.88. The Morgan fingerprint density at radius 1 is 1.24 bits per heavy atom. The van der Waals surface area contributed by atoms with Crippen LogP contribution < -0.4 is 10.6 Å². The minimum Gasteiger partial charge on any atom is -0.388 e. The van der Waals surface area contributed by atoms with Crippen LogP contribution in [0, 0.1) is 5.41 Å². The Balaban J connectivity index is 2.40. The van der Waals surface area contributed by atoms with Crippen LogP contribution in [-0.4, -0.2) is 13.6 Å². The lowest BCUT2D eigenvalue weighted by Gasteiger charge is -2.24. The molecule has 1 aromatic carbocycles. The Morgan fingerprint density at radius 2 is 2.00 bits per heavy atom. The molecule has 0 aliphatic carbocycles. The van der Waals surface area contributed by atoms with Crippen molar-refractivity contribution in [2.45, 2.75) is 40.2 Å². The monoisotopic (exact) mass is 234 g/mol. The van der Waals surface area contributed by atoms with Crippen LogP contribution in [0.2, 0.25) is 0 Å². The summed E-state index contributed by atoms with van der Waals surface area (Å²) in [6.07, 6.45) is 2.53. The van der Waals surface area contributed by atoms with E-state index in [1.807, 2.05) is 7.05 Å². The minimum absolute atomic E-state index is 0.398. The van der Waals surface area contributed by atoms with Gasteiger partial charge in [0.25, 0.3) is 0 Å². The molecule has 0 spiro atoms. The largest absolute Gasteiger partial charge is 0.388 e. The number of benzene rings is 1. The lowest BCUT2D eigenvalue weighted by Crippen LogP contribution is -2.28. The SMILES string of the molecule is CCCC(C)(C)CNCc1cccc(NC)c1. The lowest BCUT2D eigenvalue weighted by molar-refractivity contribution is 0.310. The third-order valence-corrected chi connectivity index (χ3v) is 3.08. The van der Waals surface area contributed by atoms with Crippen molar-refractivity contribution < 1.29 is 0 Å². The molecule has 0 unspecified atom stereocenters. The van der Waals surface area contributed by atoms with Gasteiger partial charge in [0.15, 0.2) is 0 Å². The highest BCUT2D eigenvalue weighted by Gasteiger charge is 2.15. The summed E-state index contributed by atoms with van der Waals surface area (Å²) in [6, 6.07) is 8.55. The topological polar surface area (TPSA) is 24.1 Å². The summed E-state index contributed by atoms with van der Waals surface area (Å²) >= 11 is 0. The number of nitrogens with one attached hydrogen (secondary N) is 2. The predicted molar refractivity (Wildman–Crippen MR) is 76.4 cm³/mol. The number of rotatable bonds is 7. The molecule has 0 aliphatic rings. The van der Waals surface area contributed by atoms with Crippen molar-refractivity contribution in [3.63, 3.8) is 0 Å². The maximum Gasteiger partial charge on any atom is 0.0340 e. The molecule has 0 saturated heterocycles. The molecule has 1 aromatic rings. The molecule has 0 saturated carbocycles. The second kappa shape index (κ2) is 6.65. The number of anilines is 1. The summed E-state index contributed by atoms with van der Waals surface area (Å²) < 4.78 is 0. The van der Waals surface area contributed by atoms with E-state index in [1.54, 1.807) is 0 Å². The van der Waals surface area contributed by atoms with E-state index < -0.39 is 0 Å². The zero-order valence-electron chi connectivity index (χ0n) is 11.6. The maximum absolute atomic E-state index is 3.55. The van der Waals surface area contributed by atoms with Crippen molar-refractivity contribution in [3.8, 4) is 0 Å². The Morgan fingerprint density at radius 3 is 2.65 bits per heavy atom. The molecule has 0 amide bonds. The van der Waals surface area contributed by atoms with Crippen molar-refractivity contribution in [3.05, 3.63) is 29.8 Å². The number of hydrogen-bond acceptors (Lipinski definition) is 2. The van der Waals surface area contributed by atoms with Crippen LogP contribution >= 0.6 is 0 Å². The summed E-state index contributed by atoms with van der Waals surface area (Å²) in [7, 11) is 1.96. The molecule has 0 fully saturated rings. The van der Waals surface area contributed by atoms with Crippen LogP contribution in [0.3, 0.4) is 0 Å². The molecule has 0 bridgehead atoms. The normalized spacial score (nSPS) is 11.5. The van der Waals surface area contributed by atoms with Gasteiger partial charge in [0.1, 0.15) is 0 Å². The molecule has 0 heterocycles. The van der Waals surface area contributed by atoms with Gasteiger partial charge in [0.05, 0.1) is 0 Å². The second-order valence-corrected chi connectivity index (χ2v) is 5.47. The summed E-state index contributed by atoms with van der Waals surface area (Å²) in [5.41, 5.74) is 2.91. The van der Waals surface area contributed by atoms with Crippen molar-refractivity contribution in [1.82, 2.24) is 5.32 Å². The van der Waals surface area contributed by atoms with Crippen LogP contribution in [0.25, 0.3) is 0 Å². The van der Waals surface area contributed by atoms with Crippen LogP contribution in [-0.2, 0) is 6.54 Å². The Bertz CT molecular complexity index is 331. The molecule has 96 valence electrons. The van der Waals surface area contributed by atoms with Crippen LogP contribution in [0.5, 0.6) is 0 Å². The maximum atomic E-state index is 3.55. The van der Waals surface area contributed by atoms with Crippen molar-refractivity contribution in [2.75, 3.05) is 18.9 Å². The highest BCUT2D eigenvalue weighted by molar-refractivity contribution is 5.44. The summed E-state index contributed by atoms with van der Waals surface area (Å²) in [6.45, 7) is 8.92. The van der Waals surface area contributed by atoms with Crippen LogP contribution in [0.15, 0.2) is 24.3 Å². The molecular formula is C15H26N2. The molecule has 0 aromatic heterocycles. The first-order valence-electron chi connectivity index (χ1n) is 6.55. The average Bonchev–Trinajstić information content (AvgIpc) is 2.29. The fourth-order valence-electron chi connectivity index (χ4n) is 2.15. The first-order valence-corrected chi connectivity index (χ1v) is 6.55. The highest BCUT2D eigenvalue weighted by atomic mass is 14.9. The van der Waals surface area contributed by atoms with Gasteiger partial charge in [-0.15, -0.1) is 0 Å². The van der Waals surface area contributed by atoms with Crippen molar-refractivity contribution in [1.29, 1.82) is 0 Å². The molecule has 1 rings (SSSR count). The fraction of sp³-hybridized carbons (Fsp3) is 0.600. The van der Waals surface area contributed by atoms with Gasteiger partial charge in [0.2, 0.25) is 0 Å². The molecule has 2 heteroatoms. The second-order valence-electron chi connectivity index (χ2n) is 5.47. The predicted octanol–water partition coefficient (Wildman–Crippen LogP) is 3.64. The third kappa shape index (κ3) is 5.22. The fourth-order valence-corrected chi connectivity index (χ4v) is 2.15. The van der Waals surface area contributed by atoms with Gasteiger partial charge >= 0.3 is 0 Å². The van der Waals surface area contributed by atoms with Crippen molar-refractivity contribution >= 4 is 5.69 Å². The minimum atomic E-state index is 0.398. The summed E-state index contributed by atoms with van der Waals surface area (Å²) in [4.78, 5) is 0. The summed E-state index contributed by atoms with van der Waals surface area (Å²) in [5, 5.41) is 6.72. The molecular weight excluding hydrogens is 208 g/mol. The van der Waals surface area contributed by atoms with Gasteiger partial charge in [-0.25, -0.2) is 0 Å². The Hall–Kier alpha value is -1.02. The van der Waals surface area contributed by atoms with Gasteiger partial charge in [-0.1, -0.05) is 39.3 Å². The zero-order chi connectivity index (χ0) is 12.7. The molecule has 17 heavy (non-hydrogen) atoms. The van der Waals surface area contributed by atoms with E-state index in [0.717, 1.165) is 13.1 Å². The smallest absolute Gasteiger partial charge is 0.0340 e. The molecule has 0 radical (unpaired) electrons. The molecule has 0 atom stereocenters. The zero-order valence-corrected chi connectivity index (χ0v) is 11.6. The van der Waals surface area contributed by atoms with Crippen molar-refractivity contribution in [2.24, 2.45) is 5.41 Å². The van der Waals surface area contributed by atoms with E-state index >= 15 is 0 Å². The van der Waals surface area contributed by atoms with Crippen LogP contribution in [0.4, 0.5) is 5.69 Å². The quantitative estimate of drug-likeness (QED) is 0.752. The Kier molecular flexibility index (Phi) is 5.49. The van der Waals surface area contributed by atoms with E-state index in [2.05, 4.69) is 55.7 Å². The standard InChI is InChI=1S/C15H26N2/c1-5-9-15(2,3)12-17-11-13-7-6-8-14(10-13)16-4/h6-8,10,16-17H,5,9,11-12H2,1-4H3. The number of hydrogen-bond donors (Lipinski definition) is 2. The third-order valence-electron chi connectivity index (χ3n) is 3.08. The van der Waals surface area contributed by atoms with E-state index in [4.69, 9.17) is 0 Å². The van der Waals surface area contributed by atoms with Gasteiger partial charge in [0, 0.05) is 25.8 Å². The Labute approximate surface area is 106 Å². The highest BCUT2D eigenvalue weighted by Crippen LogP contribution is 2.20. The first-order chi connectivity index (χ1) is 8.07. The van der Waals surface area contributed by atoms with Gasteiger partial charge in [-0.05, 0) is 29.5 Å². The summed E-state index contributed by atoms with van der Waals surface area (Å²) in [5.74, 6) is 0. The van der Waals surface area contributed by atoms with Gasteiger partial charge in [-0.3, -0.25) is 0 Å². The van der Waals surface area contributed by atoms with Crippen LogP contribution in [0.1, 0.15) is 39.2 Å². The molecule has 2 nitrogen and oxygen atoms in total. The van der Waals surface area contributed by atoms with Gasteiger partial charge < -0.3 is 10.6 Å². The van der Waals surface area contributed by atoms with E-state index in [0.29, 0.717) is 5.41 Å². The first kappa shape index (κ1) is 14.0.